The number of sulfonamides is 1. The zero-order valence-corrected chi connectivity index (χ0v) is 16.3. The summed E-state index contributed by atoms with van der Waals surface area (Å²) in [7, 11) is 0.731. The third-order valence-electron chi connectivity index (χ3n) is 3.72. The normalized spacial score (nSPS) is 11.0. The van der Waals surface area contributed by atoms with Gasteiger partial charge in [0.15, 0.2) is 11.5 Å². The van der Waals surface area contributed by atoms with Gasteiger partial charge in [-0.3, -0.25) is 4.79 Å². The maximum Gasteiger partial charge on any atom is 0.240 e. The highest BCUT2D eigenvalue weighted by molar-refractivity contribution is 7.89. The number of amides is 1. The first-order chi connectivity index (χ1) is 12.8. The van der Waals surface area contributed by atoms with Gasteiger partial charge in [-0.1, -0.05) is 0 Å². The summed E-state index contributed by atoms with van der Waals surface area (Å²) < 4.78 is 43.3. The Bertz CT molecular complexity index is 910. The Balaban J connectivity index is 2.20. The second kappa shape index (κ2) is 8.74. The van der Waals surface area contributed by atoms with E-state index in [1.165, 1.54) is 52.5 Å². The summed E-state index contributed by atoms with van der Waals surface area (Å²) in [5.41, 5.74) is 1.11. The van der Waals surface area contributed by atoms with Crippen molar-refractivity contribution in [3.63, 3.8) is 0 Å². The fraction of sp³-hybridized carbons (Fsp3) is 0.278. The highest BCUT2D eigenvalue weighted by Crippen LogP contribution is 2.34. The van der Waals surface area contributed by atoms with E-state index in [0.29, 0.717) is 28.5 Å². The second-order valence-electron chi connectivity index (χ2n) is 5.55. The van der Waals surface area contributed by atoms with Gasteiger partial charge in [0.05, 0.1) is 26.2 Å². The molecule has 0 aliphatic rings. The second-order valence-corrected chi connectivity index (χ2v) is 7.32. The molecule has 0 bridgehead atoms. The number of anilines is 1. The van der Waals surface area contributed by atoms with Crippen molar-refractivity contribution in [3.05, 3.63) is 42.0 Å². The Morgan fingerprint density at radius 3 is 2.00 bits per heavy atom. The summed E-state index contributed by atoms with van der Waals surface area (Å²) in [5, 5.41) is 2.58. The van der Waals surface area contributed by atoms with E-state index in [1.807, 2.05) is 0 Å². The Morgan fingerprint density at radius 2 is 1.48 bits per heavy atom. The van der Waals surface area contributed by atoms with Gasteiger partial charge in [-0.2, -0.15) is 0 Å². The van der Waals surface area contributed by atoms with Crippen molar-refractivity contribution in [1.29, 1.82) is 0 Å². The Hall–Kier alpha value is -2.78. The number of rotatable bonds is 8. The molecular weight excluding hydrogens is 372 g/mol. The van der Waals surface area contributed by atoms with E-state index >= 15 is 0 Å². The lowest BCUT2D eigenvalue weighted by Crippen LogP contribution is -2.23. The van der Waals surface area contributed by atoms with Gasteiger partial charge in [-0.05, 0) is 30.3 Å². The van der Waals surface area contributed by atoms with Gasteiger partial charge < -0.3 is 19.5 Å². The van der Waals surface area contributed by atoms with E-state index in [2.05, 4.69) is 10.0 Å². The average molecular weight is 394 g/mol. The molecule has 8 nitrogen and oxygen atoms in total. The summed E-state index contributed by atoms with van der Waals surface area (Å²) in [6.45, 7) is 1.38. The van der Waals surface area contributed by atoms with Crippen molar-refractivity contribution in [1.82, 2.24) is 4.72 Å². The highest BCUT2D eigenvalue weighted by Gasteiger charge is 2.17. The first-order valence-electron chi connectivity index (χ1n) is 7.97. The number of benzene rings is 2. The maximum atomic E-state index is 12.5. The van der Waals surface area contributed by atoms with Crippen LogP contribution in [-0.2, 0) is 21.4 Å². The molecule has 2 rings (SSSR count). The van der Waals surface area contributed by atoms with Gasteiger partial charge in [-0.25, -0.2) is 13.1 Å². The van der Waals surface area contributed by atoms with Crippen molar-refractivity contribution in [2.24, 2.45) is 0 Å². The van der Waals surface area contributed by atoms with E-state index in [9.17, 15) is 13.2 Å². The SMILES string of the molecule is COc1cc(OC)c(OC)cc1CNS(=O)(=O)c1ccc(NC(C)=O)cc1. The minimum atomic E-state index is -3.75. The summed E-state index contributed by atoms with van der Waals surface area (Å²) in [6.07, 6.45) is 0. The van der Waals surface area contributed by atoms with Crippen LogP contribution >= 0.6 is 0 Å². The third kappa shape index (κ3) is 5.11. The van der Waals surface area contributed by atoms with Gasteiger partial charge in [0, 0.05) is 30.8 Å². The summed E-state index contributed by atoms with van der Waals surface area (Å²) in [6, 6.07) is 9.16. The molecule has 2 N–H and O–H groups in total. The van der Waals surface area contributed by atoms with Crippen LogP contribution in [0.3, 0.4) is 0 Å². The number of carbonyl (C=O) groups excluding carboxylic acids is 1. The third-order valence-corrected chi connectivity index (χ3v) is 5.14. The van der Waals surface area contributed by atoms with E-state index < -0.39 is 10.0 Å². The van der Waals surface area contributed by atoms with Crippen LogP contribution in [0, 0.1) is 0 Å². The van der Waals surface area contributed by atoms with Crippen LogP contribution in [0.15, 0.2) is 41.3 Å². The molecule has 9 heteroatoms. The molecule has 0 radical (unpaired) electrons. The standard InChI is InChI=1S/C18H22N2O6S/c1-12(21)20-14-5-7-15(8-6-14)27(22,23)19-11-13-9-17(25-3)18(26-4)10-16(13)24-2/h5-10,19H,11H2,1-4H3,(H,20,21). The van der Waals surface area contributed by atoms with Crippen LogP contribution in [0.25, 0.3) is 0 Å². The fourth-order valence-electron chi connectivity index (χ4n) is 2.41. The Labute approximate surface area is 158 Å². The molecule has 0 saturated carbocycles. The number of hydrogen-bond donors (Lipinski definition) is 2. The number of hydrogen-bond acceptors (Lipinski definition) is 6. The largest absolute Gasteiger partial charge is 0.496 e. The molecule has 0 fully saturated rings. The number of methoxy groups -OCH3 is 3. The highest BCUT2D eigenvalue weighted by atomic mass is 32.2. The smallest absolute Gasteiger partial charge is 0.240 e. The molecule has 0 saturated heterocycles. The number of carbonyl (C=O) groups is 1. The molecule has 0 aromatic heterocycles. The van der Waals surface area contributed by atoms with Crippen LogP contribution in [0.5, 0.6) is 17.2 Å². The summed E-state index contributed by atoms with van der Waals surface area (Å²) in [4.78, 5) is 11.1. The molecule has 0 heterocycles. The molecule has 2 aromatic rings. The van der Waals surface area contributed by atoms with Gasteiger partial charge in [0.1, 0.15) is 5.75 Å². The van der Waals surface area contributed by atoms with Gasteiger partial charge in [0.2, 0.25) is 15.9 Å². The van der Waals surface area contributed by atoms with E-state index in [-0.39, 0.29) is 17.3 Å². The van der Waals surface area contributed by atoms with Crippen molar-refractivity contribution in [2.45, 2.75) is 18.4 Å². The lowest BCUT2D eigenvalue weighted by atomic mass is 10.1. The Kier molecular flexibility index (Phi) is 6.65. The molecule has 0 unspecified atom stereocenters. The Morgan fingerprint density at radius 1 is 0.926 bits per heavy atom. The molecule has 0 spiro atoms. The predicted octanol–water partition coefficient (Wildman–Crippen LogP) is 2.15. The molecule has 0 aliphatic heterocycles. The van der Waals surface area contributed by atoms with Crippen molar-refractivity contribution in [3.8, 4) is 17.2 Å². The monoisotopic (exact) mass is 394 g/mol. The topological polar surface area (TPSA) is 103 Å². The lowest BCUT2D eigenvalue weighted by molar-refractivity contribution is -0.114. The molecule has 2 aromatic carbocycles. The van der Waals surface area contributed by atoms with Gasteiger partial charge >= 0.3 is 0 Å². The molecule has 146 valence electrons. The average Bonchev–Trinajstić information content (AvgIpc) is 2.65. The molecule has 1 amide bonds. The molecule has 0 atom stereocenters. The zero-order chi connectivity index (χ0) is 20.0. The van der Waals surface area contributed by atoms with Crippen LogP contribution < -0.4 is 24.2 Å². The van der Waals surface area contributed by atoms with Crippen LogP contribution in [-0.4, -0.2) is 35.7 Å². The number of ether oxygens (including phenoxy) is 3. The molecular formula is C18H22N2O6S. The predicted molar refractivity (Wildman–Crippen MR) is 101 cm³/mol. The number of nitrogens with one attached hydrogen (secondary N) is 2. The van der Waals surface area contributed by atoms with Crippen LogP contribution in [0.4, 0.5) is 5.69 Å². The molecule has 27 heavy (non-hydrogen) atoms. The minimum absolute atomic E-state index is 0.000686. The minimum Gasteiger partial charge on any atom is -0.496 e. The van der Waals surface area contributed by atoms with E-state index in [1.54, 1.807) is 12.1 Å². The van der Waals surface area contributed by atoms with E-state index in [4.69, 9.17) is 14.2 Å². The van der Waals surface area contributed by atoms with Crippen molar-refractivity contribution >= 4 is 21.6 Å². The lowest BCUT2D eigenvalue weighted by Gasteiger charge is -2.15. The van der Waals surface area contributed by atoms with Crippen molar-refractivity contribution < 1.29 is 27.4 Å². The van der Waals surface area contributed by atoms with Gasteiger partial charge in [-0.15, -0.1) is 0 Å². The summed E-state index contributed by atoms with van der Waals surface area (Å²) in [5.74, 6) is 1.18. The quantitative estimate of drug-likeness (QED) is 0.711. The maximum absolute atomic E-state index is 12.5. The van der Waals surface area contributed by atoms with Crippen LogP contribution in [0.2, 0.25) is 0 Å². The van der Waals surface area contributed by atoms with Crippen molar-refractivity contribution in [2.75, 3.05) is 26.6 Å². The first-order valence-corrected chi connectivity index (χ1v) is 9.45. The summed E-state index contributed by atoms with van der Waals surface area (Å²) >= 11 is 0. The van der Waals surface area contributed by atoms with Crippen LogP contribution in [0.1, 0.15) is 12.5 Å². The molecule has 0 aliphatic carbocycles. The zero-order valence-electron chi connectivity index (χ0n) is 15.5. The fourth-order valence-corrected chi connectivity index (χ4v) is 3.41. The van der Waals surface area contributed by atoms with E-state index in [0.717, 1.165) is 0 Å². The first kappa shape index (κ1) is 20.5. The van der Waals surface area contributed by atoms with Gasteiger partial charge in [0.25, 0.3) is 0 Å².